The van der Waals surface area contributed by atoms with Crippen molar-refractivity contribution in [2.24, 2.45) is 23.7 Å². The lowest BCUT2D eigenvalue weighted by Crippen LogP contribution is -2.47. The van der Waals surface area contributed by atoms with Crippen LogP contribution in [0.15, 0.2) is 0 Å². The quantitative estimate of drug-likeness (QED) is 0.817. The summed E-state index contributed by atoms with van der Waals surface area (Å²) in [6, 6.07) is 0.572. The van der Waals surface area contributed by atoms with Crippen LogP contribution in [0.4, 0.5) is 0 Å². The van der Waals surface area contributed by atoms with Gasteiger partial charge in [0.1, 0.15) is 0 Å². The highest BCUT2D eigenvalue weighted by Crippen LogP contribution is 2.38. The van der Waals surface area contributed by atoms with Gasteiger partial charge in [-0.3, -0.25) is 0 Å². The van der Waals surface area contributed by atoms with Crippen molar-refractivity contribution in [3.8, 4) is 0 Å². The first-order valence-electron chi connectivity index (χ1n) is 7.42. The van der Waals surface area contributed by atoms with Gasteiger partial charge in [0.15, 0.2) is 0 Å². The Morgan fingerprint density at radius 1 is 1.00 bits per heavy atom. The van der Waals surface area contributed by atoms with E-state index in [0.29, 0.717) is 12.1 Å². The topological polar surface area (TPSA) is 21.3 Å². The van der Waals surface area contributed by atoms with Gasteiger partial charge in [0.2, 0.25) is 0 Å². The summed E-state index contributed by atoms with van der Waals surface area (Å²) in [5.41, 5.74) is 0. The minimum atomic E-state index is 0.450. The molecule has 2 nitrogen and oxygen atoms in total. The molecule has 1 saturated heterocycles. The van der Waals surface area contributed by atoms with Crippen molar-refractivity contribution in [2.75, 3.05) is 13.7 Å². The number of ether oxygens (including phenoxy) is 1. The summed E-state index contributed by atoms with van der Waals surface area (Å²) in [4.78, 5) is 0. The van der Waals surface area contributed by atoms with Crippen LogP contribution in [0.5, 0.6) is 0 Å². The van der Waals surface area contributed by atoms with Gasteiger partial charge in [0, 0.05) is 12.6 Å². The molecule has 0 aromatic rings. The van der Waals surface area contributed by atoms with E-state index < -0.39 is 0 Å². The Hall–Kier alpha value is -0.0800. The first-order chi connectivity index (χ1) is 8.13. The normalized spacial score (nSPS) is 44.8. The fraction of sp³-hybridized carbons (Fsp3) is 1.00. The predicted molar refractivity (Wildman–Crippen MR) is 72.0 cm³/mol. The average molecular weight is 239 g/mol. The monoisotopic (exact) mass is 239 g/mol. The lowest BCUT2D eigenvalue weighted by molar-refractivity contribution is 0.0263. The van der Waals surface area contributed by atoms with Gasteiger partial charge in [-0.15, -0.1) is 0 Å². The first kappa shape index (κ1) is 13.4. The second-order valence-corrected chi connectivity index (χ2v) is 6.44. The molecular weight excluding hydrogens is 210 g/mol. The molecule has 1 aliphatic carbocycles. The molecule has 2 aliphatic rings. The van der Waals surface area contributed by atoms with Gasteiger partial charge in [-0.25, -0.2) is 0 Å². The molecule has 1 N–H and O–H groups in total. The van der Waals surface area contributed by atoms with Crippen LogP contribution in [0.1, 0.15) is 46.5 Å². The van der Waals surface area contributed by atoms with E-state index in [2.05, 4.69) is 33.1 Å². The van der Waals surface area contributed by atoms with Crippen molar-refractivity contribution in [1.29, 1.82) is 0 Å². The molecule has 17 heavy (non-hydrogen) atoms. The van der Waals surface area contributed by atoms with Crippen molar-refractivity contribution in [2.45, 2.75) is 58.6 Å². The Kier molecular flexibility index (Phi) is 4.48. The van der Waals surface area contributed by atoms with E-state index in [1.165, 1.54) is 25.7 Å². The van der Waals surface area contributed by atoms with E-state index in [-0.39, 0.29) is 0 Å². The zero-order valence-corrected chi connectivity index (χ0v) is 11.9. The summed E-state index contributed by atoms with van der Waals surface area (Å²) < 4.78 is 5.97. The third-order valence-electron chi connectivity index (χ3n) is 5.28. The zero-order chi connectivity index (χ0) is 12.4. The second-order valence-electron chi connectivity index (χ2n) is 6.44. The summed E-state index contributed by atoms with van der Waals surface area (Å²) in [5.74, 6) is 3.32. The summed E-state index contributed by atoms with van der Waals surface area (Å²) in [6.07, 6.45) is 5.83. The first-order valence-corrected chi connectivity index (χ1v) is 7.42. The molecule has 0 spiro atoms. The SMILES string of the molecule is CNC(C1CCC(C)C(C)C1)C1OCCC1C. The molecule has 6 atom stereocenters. The Morgan fingerprint density at radius 3 is 2.29 bits per heavy atom. The van der Waals surface area contributed by atoms with E-state index in [1.807, 2.05) is 0 Å². The standard InChI is InChI=1S/C15H29NO/c1-10-5-6-13(9-12(10)3)14(16-4)15-11(2)7-8-17-15/h10-16H,5-9H2,1-4H3. The largest absolute Gasteiger partial charge is 0.376 e. The van der Waals surface area contributed by atoms with E-state index in [9.17, 15) is 0 Å². The van der Waals surface area contributed by atoms with Crippen molar-refractivity contribution in [3.63, 3.8) is 0 Å². The fourth-order valence-electron chi connectivity index (χ4n) is 3.76. The average Bonchev–Trinajstić information content (AvgIpc) is 2.71. The summed E-state index contributed by atoms with van der Waals surface area (Å²) in [6.45, 7) is 8.13. The van der Waals surface area contributed by atoms with E-state index in [4.69, 9.17) is 4.74 Å². The number of hydrogen-bond acceptors (Lipinski definition) is 2. The van der Waals surface area contributed by atoms with E-state index >= 15 is 0 Å². The highest BCUT2D eigenvalue weighted by molar-refractivity contribution is 4.91. The predicted octanol–water partition coefficient (Wildman–Crippen LogP) is 3.07. The molecule has 1 heterocycles. The number of rotatable bonds is 3. The summed E-state index contributed by atoms with van der Waals surface area (Å²) >= 11 is 0. The van der Waals surface area contributed by atoms with Gasteiger partial charge >= 0.3 is 0 Å². The van der Waals surface area contributed by atoms with Gasteiger partial charge in [0.05, 0.1) is 6.10 Å². The van der Waals surface area contributed by atoms with Gasteiger partial charge in [-0.1, -0.05) is 27.2 Å². The van der Waals surface area contributed by atoms with Crippen molar-refractivity contribution in [3.05, 3.63) is 0 Å². The molecule has 100 valence electrons. The number of likely N-dealkylation sites (N-methyl/N-ethyl adjacent to an activating group) is 1. The van der Waals surface area contributed by atoms with Crippen LogP contribution in [-0.4, -0.2) is 25.8 Å². The molecule has 1 aliphatic heterocycles. The third kappa shape index (κ3) is 2.85. The number of hydrogen-bond donors (Lipinski definition) is 1. The van der Waals surface area contributed by atoms with Crippen molar-refractivity contribution in [1.82, 2.24) is 5.32 Å². The summed E-state index contributed by atoms with van der Waals surface area (Å²) in [7, 11) is 2.11. The van der Waals surface area contributed by atoms with Crippen LogP contribution in [0.25, 0.3) is 0 Å². The molecule has 0 amide bonds. The molecular formula is C15H29NO. The molecule has 2 fully saturated rings. The smallest absolute Gasteiger partial charge is 0.0756 e. The van der Waals surface area contributed by atoms with Crippen LogP contribution in [0.3, 0.4) is 0 Å². The molecule has 0 aromatic carbocycles. The van der Waals surface area contributed by atoms with Crippen LogP contribution >= 0.6 is 0 Å². The lowest BCUT2D eigenvalue weighted by Gasteiger charge is -2.39. The minimum absolute atomic E-state index is 0.450. The fourth-order valence-corrected chi connectivity index (χ4v) is 3.76. The Labute approximate surface area is 107 Å². The molecule has 2 rings (SSSR count). The molecule has 2 heteroatoms. The number of nitrogens with one attached hydrogen (secondary N) is 1. The summed E-state index contributed by atoms with van der Waals surface area (Å²) in [5, 5.41) is 3.55. The van der Waals surface area contributed by atoms with E-state index in [0.717, 1.165) is 30.3 Å². The van der Waals surface area contributed by atoms with Crippen LogP contribution in [0, 0.1) is 23.7 Å². The molecule has 6 unspecified atom stereocenters. The van der Waals surface area contributed by atoms with Gasteiger partial charge in [-0.2, -0.15) is 0 Å². The molecule has 0 bridgehead atoms. The Balaban J connectivity index is 1.98. The Bertz CT molecular complexity index is 243. The molecule has 1 saturated carbocycles. The third-order valence-corrected chi connectivity index (χ3v) is 5.28. The van der Waals surface area contributed by atoms with Crippen molar-refractivity contribution < 1.29 is 4.74 Å². The van der Waals surface area contributed by atoms with Gasteiger partial charge < -0.3 is 10.1 Å². The van der Waals surface area contributed by atoms with Crippen LogP contribution < -0.4 is 5.32 Å². The van der Waals surface area contributed by atoms with E-state index in [1.54, 1.807) is 0 Å². The van der Waals surface area contributed by atoms with Crippen molar-refractivity contribution >= 4 is 0 Å². The lowest BCUT2D eigenvalue weighted by atomic mass is 9.71. The van der Waals surface area contributed by atoms with Gasteiger partial charge in [0.25, 0.3) is 0 Å². The minimum Gasteiger partial charge on any atom is -0.376 e. The van der Waals surface area contributed by atoms with Gasteiger partial charge in [-0.05, 0) is 50.0 Å². The van der Waals surface area contributed by atoms with Crippen LogP contribution in [0.2, 0.25) is 0 Å². The maximum atomic E-state index is 5.97. The highest BCUT2D eigenvalue weighted by atomic mass is 16.5. The second kappa shape index (κ2) is 5.71. The molecule has 0 aromatic heterocycles. The van der Waals surface area contributed by atoms with Crippen LogP contribution in [-0.2, 0) is 4.74 Å². The maximum absolute atomic E-state index is 5.97. The highest BCUT2D eigenvalue weighted by Gasteiger charge is 2.38. The maximum Gasteiger partial charge on any atom is 0.0756 e. The molecule has 0 radical (unpaired) electrons. The zero-order valence-electron chi connectivity index (χ0n) is 11.9. The Morgan fingerprint density at radius 2 is 1.76 bits per heavy atom.